The molecule has 0 aromatic rings. The highest BCUT2D eigenvalue weighted by molar-refractivity contribution is 5.01. The molecule has 0 aromatic heterocycles. The number of hydrogen-bond acceptors (Lipinski definition) is 2. The van der Waals surface area contributed by atoms with E-state index < -0.39 is 0 Å². The van der Waals surface area contributed by atoms with E-state index in [1.807, 2.05) is 0 Å². The average Bonchev–Trinajstić information content (AvgIpc) is 1.94. The molecule has 2 fully saturated rings. The molecule has 0 aromatic carbocycles. The maximum absolute atomic E-state index is 6.17. The van der Waals surface area contributed by atoms with E-state index in [0.29, 0.717) is 16.9 Å². The van der Waals surface area contributed by atoms with Crippen molar-refractivity contribution in [3.63, 3.8) is 0 Å². The van der Waals surface area contributed by atoms with Crippen LogP contribution in [0.4, 0.5) is 0 Å². The summed E-state index contributed by atoms with van der Waals surface area (Å²) in [6.07, 6.45) is 5.73. The highest BCUT2D eigenvalue weighted by Gasteiger charge is 2.49. The van der Waals surface area contributed by atoms with Crippen LogP contribution in [0.2, 0.25) is 0 Å². The van der Waals surface area contributed by atoms with E-state index in [0.717, 1.165) is 19.4 Å². The molecule has 0 amide bonds. The van der Waals surface area contributed by atoms with Crippen molar-refractivity contribution in [1.29, 1.82) is 0 Å². The zero-order valence-corrected chi connectivity index (χ0v) is 11.3. The summed E-state index contributed by atoms with van der Waals surface area (Å²) in [7, 11) is 0. The average molecular weight is 225 g/mol. The second kappa shape index (κ2) is 3.71. The molecule has 1 saturated carbocycles. The topological polar surface area (TPSA) is 35.2 Å². The Bertz CT molecular complexity index is 254. The smallest absolute Gasteiger partial charge is 0.0707 e. The van der Waals surface area contributed by atoms with Gasteiger partial charge in [-0.2, -0.15) is 0 Å². The summed E-state index contributed by atoms with van der Waals surface area (Å²) in [5.74, 6) is 0. The zero-order chi connectivity index (χ0) is 12.0. The number of ether oxygens (including phenoxy) is 1. The molecule has 0 radical (unpaired) electrons. The standard InChI is InChI=1S/C14H27NO/c1-12(2)8-13(3,4)10-14(9-12)7-11(15)5-6-16-14/h11H,5-10,15H2,1-4H3. The minimum absolute atomic E-state index is 0.0723. The van der Waals surface area contributed by atoms with Crippen LogP contribution >= 0.6 is 0 Å². The Kier molecular flexibility index (Phi) is 2.87. The molecular formula is C14H27NO. The van der Waals surface area contributed by atoms with E-state index in [2.05, 4.69) is 27.7 Å². The second-order valence-electron chi connectivity index (χ2n) is 7.64. The summed E-state index contributed by atoms with van der Waals surface area (Å²) in [5, 5.41) is 0. The maximum Gasteiger partial charge on any atom is 0.0707 e. The summed E-state index contributed by atoms with van der Waals surface area (Å²) in [6, 6.07) is 0.346. The van der Waals surface area contributed by atoms with Crippen molar-refractivity contribution in [2.45, 2.75) is 71.4 Å². The van der Waals surface area contributed by atoms with Gasteiger partial charge >= 0.3 is 0 Å². The van der Waals surface area contributed by atoms with Crippen molar-refractivity contribution in [3.8, 4) is 0 Å². The lowest BCUT2D eigenvalue weighted by atomic mass is 9.58. The molecule has 2 N–H and O–H groups in total. The van der Waals surface area contributed by atoms with Gasteiger partial charge in [-0.25, -0.2) is 0 Å². The van der Waals surface area contributed by atoms with Crippen LogP contribution in [0.25, 0.3) is 0 Å². The third kappa shape index (κ3) is 2.60. The van der Waals surface area contributed by atoms with E-state index in [-0.39, 0.29) is 5.60 Å². The van der Waals surface area contributed by atoms with Crippen molar-refractivity contribution in [2.75, 3.05) is 6.61 Å². The van der Waals surface area contributed by atoms with E-state index in [1.54, 1.807) is 0 Å². The SMILES string of the molecule is CC1(C)CC(C)(C)CC2(CC(N)CCO2)C1. The molecule has 1 spiro atoms. The Hall–Kier alpha value is -0.0800. The molecule has 2 rings (SSSR count). The first-order valence-electron chi connectivity index (χ1n) is 6.62. The molecule has 1 saturated heterocycles. The first kappa shape index (κ1) is 12.4. The summed E-state index contributed by atoms with van der Waals surface area (Å²) >= 11 is 0. The van der Waals surface area contributed by atoms with Crippen molar-refractivity contribution in [2.24, 2.45) is 16.6 Å². The molecule has 0 bridgehead atoms. The van der Waals surface area contributed by atoms with Crippen LogP contribution < -0.4 is 5.73 Å². The third-order valence-corrected chi connectivity index (χ3v) is 4.09. The lowest BCUT2D eigenvalue weighted by molar-refractivity contribution is -0.156. The second-order valence-corrected chi connectivity index (χ2v) is 7.64. The summed E-state index contributed by atoms with van der Waals surface area (Å²) in [5.41, 5.74) is 6.99. The summed E-state index contributed by atoms with van der Waals surface area (Å²) < 4.78 is 6.17. The molecule has 1 aliphatic heterocycles. The molecule has 1 aliphatic carbocycles. The lowest BCUT2D eigenvalue weighted by Crippen LogP contribution is -2.53. The highest BCUT2D eigenvalue weighted by atomic mass is 16.5. The monoisotopic (exact) mass is 225 g/mol. The van der Waals surface area contributed by atoms with E-state index >= 15 is 0 Å². The van der Waals surface area contributed by atoms with Gasteiger partial charge in [-0.05, 0) is 42.9 Å². The van der Waals surface area contributed by atoms with Gasteiger partial charge in [0.25, 0.3) is 0 Å². The normalized spacial score (nSPS) is 36.2. The number of hydrogen-bond donors (Lipinski definition) is 1. The quantitative estimate of drug-likeness (QED) is 0.687. The largest absolute Gasteiger partial charge is 0.375 e. The van der Waals surface area contributed by atoms with Crippen LogP contribution in [0.15, 0.2) is 0 Å². The molecule has 1 atom stereocenters. The third-order valence-electron chi connectivity index (χ3n) is 4.09. The summed E-state index contributed by atoms with van der Waals surface area (Å²) in [6.45, 7) is 10.4. The maximum atomic E-state index is 6.17. The molecule has 2 heteroatoms. The lowest BCUT2D eigenvalue weighted by Gasteiger charge is -2.54. The van der Waals surface area contributed by atoms with Crippen LogP contribution in [-0.2, 0) is 4.74 Å². The van der Waals surface area contributed by atoms with Gasteiger partial charge in [-0.15, -0.1) is 0 Å². The number of nitrogens with two attached hydrogens (primary N) is 1. The summed E-state index contributed by atoms with van der Waals surface area (Å²) in [4.78, 5) is 0. The first-order chi connectivity index (χ1) is 7.22. The van der Waals surface area contributed by atoms with E-state index in [1.165, 1.54) is 19.3 Å². The van der Waals surface area contributed by atoms with Gasteiger partial charge in [-0.3, -0.25) is 0 Å². The Morgan fingerprint density at radius 2 is 1.56 bits per heavy atom. The predicted molar refractivity (Wildman–Crippen MR) is 67.3 cm³/mol. The Morgan fingerprint density at radius 1 is 1.00 bits per heavy atom. The minimum atomic E-state index is 0.0723. The Labute approximate surface area is 99.9 Å². The van der Waals surface area contributed by atoms with Crippen LogP contribution in [-0.4, -0.2) is 18.2 Å². The van der Waals surface area contributed by atoms with Crippen LogP contribution in [0.3, 0.4) is 0 Å². The minimum Gasteiger partial charge on any atom is -0.375 e. The fraction of sp³-hybridized carbons (Fsp3) is 1.00. The number of rotatable bonds is 0. The molecule has 2 aliphatic rings. The molecule has 2 nitrogen and oxygen atoms in total. The molecule has 16 heavy (non-hydrogen) atoms. The van der Waals surface area contributed by atoms with Crippen LogP contribution in [0.5, 0.6) is 0 Å². The van der Waals surface area contributed by atoms with Gasteiger partial charge in [0.1, 0.15) is 0 Å². The van der Waals surface area contributed by atoms with Crippen molar-refractivity contribution >= 4 is 0 Å². The fourth-order valence-corrected chi connectivity index (χ4v) is 4.54. The predicted octanol–water partition coefficient (Wildman–Crippen LogP) is 3.10. The van der Waals surface area contributed by atoms with Crippen molar-refractivity contribution in [3.05, 3.63) is 0 Å². The van der Waals surface area contributed by atoms with Crippen LogP contribution in [0.1, 0.15) is 59.8 Å². The van der Waals surface area contributed by atoms with Gasteiger partial charge in [0.15, 0.2) is 0 Å². The molecule has 1 heterocycles. The van der Waals surface area contributed by atoms with Crippen molar-refractivity contribution < 1.29 is 4.74 Å². The zero-order valence-electron chi connectivity index (χ0n) is 11.3. The van der Waals surface area contributed by atoms with Gasteiger partial charge in [-0.1, -0.05) is 27.7 Å². The van der Waals surface area contributed by atoms with Gasteiger partial charge < -0.3 is 10.5 Å². The van der Waals surface area contributed by atoms with E-state index in [4.69, 9.17) is 10.5 Å². The molecule has 94 valence electrons. The van der Waals surface area contributed by atoms with E-state index in [9.17, 15) is 0 Å². The van der Waals surface area contributed by atoms with Gasteiger partial charge in [0.05, 0.1) is 5.60 Å². The molecule has 1 unspecified atom stereocenters. The first-order valence-corrected chi connectivity index (χ1v) is 6.62. The highest BCUT2D eigenvalue weighted by Crippen LogP contribution is 2.53. The Morgan fingerprint density at radius 3 is 2.06 bits per heavy atom. The van der Waals surface area contributed by atoms with Crippen molar-refractivity contribution in [1.82, 2.24) is 0 Å². The Balaban J connectivity index is 2.20. The van der Waals surface area contributed by atoms with Crippen LogP contribution in [0, 0.1) is 10.8 Å². The molecular weight excluding hydrogens is 198 g/mol. The van der Waals surface area contributed by atoms with Gasteiger partial charge in [0, 0.05) is 12.6 Å². The fourth-order valence-electron chi connectivity index (χ4n) is 4.54. The van der Waals surface area contributed by atoms with Gasteiger partial charge in [0.2, 0.25) is 0 Å².